The number of thiophene rings is 1. The first-order valence-electron chi connectivity index (χ1n) is 9.29. The molecule has 1 heterocycles. The number of nitriles is 1. The molecule has 138 valence electrons. The fraction of sp³-hybridized carbons (Fsp3) is 0.381. The number of carbonyl (C=O) groups is 2. The van der Waals surface area contributed by atoms with Gasteiger partial charge in [0.1, 0.15) is 11.1 Å². The van der Waals surface area contributed by atoms with Gasteiger partial charge in [-0.15, -0.1) is 11.3 Å². The summed E-state index contributed by atoms with van der Waals surface area (Å²) in [5.74, 6) is -0.912. The third kappa shape index (κ3) is 3.60. The molecule has 0 fully saturated rings. The number of benzene rings is 1. The van der Waals surface area contributed by atoms with E-state index < -0.39 is 11.9 Å². The van der Waals surface area contributed by atoms with Crippen LogP contribution < -0.4 is 5.32 Å². The van der Waals surface area contributed by atoms with Gasteiger partial charge in [0.05, 0.1) is 11.1 Å². The zero-order valence-electron chi connectivity index (χ0n) is 15.0. The van der Waals surface area contributed by atoms with Gasteiger partial charge in [-0.2, -0.15) is 5.26 Å². The molecule has 2 aliphatic rings. The van der Waals surface area contributed by atoms with Crippen molar-refractivity contribution in [2.75, 3.05) is 11.9 Å². The van der Waals surface area contributed by atoms with E-state index in [9.17, 15) is 14.9 Å². The minimum absolute atomic E-state index is 0.358. The summed E-state index contributed by atoms with van der Waals surface area (Å²) in [7, 11) is 0. The number of fused-ring (bicyclic) bond motifs is 2. The van der Waals surface area contributed by atoms with Gasteiger partial charge in [0.25, 0.3) is 5.91 Å². The van der Waals surface area contributed by atoms with Crippen molar-refractivity contribution in [3.05, 3.63) is 50.9 Å². The molecule has 1 aromatic heterocycles. The molecule has 0 bridgehead atoms. The monoisotopic (exact) mass is 380 g/mol. The van der Waals surface area contributed by atoms with Crippen molar-refractivity contribution in [3.8, 4) is 6.07 Å². The van der Waals surface area contributed by atoms with Crippen molar-refractivity contribution >= 4 is 28.2 Å². The van der Waals surface area contributed by atoms with Gasteiger partial charge in [-0.3, -0.25) is 4.79 Å². The van der Waals surface area contributed by atoms with Gasteiger partial charge in [0, 0.05) is 4.88 Å². The zero-order valence-corrected chi connectivity index (χ0v) is 15.8. The third-order valence-corrected chi connectivity index (χ3v) is 6.41. The third-order valence-electron chi connectivity index (χ3n) is 5.20. The van der Waals surface area contributed by atoms with Crippen molar-refractivity contribution in [1.82, 2.24) is 0 Å². The minimum Gasteiger partial charge on any atom is -0.452 e. The second kappa shape index (κ2) is 7.53. The van der Waals surface area contributed by atoms with E-state index in [1.165, 1.54) is 27.3 Å². The molecule has 27 heavy (non-hydrogen) atoms. The Morgan fingerprint density at radius 1 is 1.11 bits per heavy atom. The van der Waals surface area contributed by atoms with E-state index in [-0.39, 0.29) is 6.61 Å². The van der Waals surface area contributed by atoms with Crippen molar-refractivity contribution in [2.45, 2.75) is 44.9 Å². The number of amides is 1. The van der Waals surface area contributed by atoms with Crippen LogP contribution in [0.1, 0.15) is 56.8 Å². The number of esters is 1. The number of ether oxygens (including phenoxy) is 1. The van der Waals surface area contributed by atoms with Crippen LogP contribution in [0.25, 0.3) is 0 Å². The lowest BCUT2D eigenvalue weighted by molar-refractivity contribution is -0.119. The second-order valence-electron chi connectivity index (χ2n) is 6.99. The smallest absolute Gasteiger partial charge is 0.338 e. The summed E-state index contributed by atoms with van der Waals surface area (Å²) in [4.78, 5) is 25.6. The summed E-state index contributed by atoms with van der Waals surface area (Å²) in [6, 6.07) is 7.80. The molecule has 0 radical (unpaired) electrons. The van der Waals surface area contributed by atoms with E-state index in [0.717, 1.165) is 50.5 Å². The van der Waals surface area contributed by atoms with Gasteiger partial charge in [-0.25, -0.2) is 4.79 Å². The summed E-state index contributed by atoms with van der Waals surface area (Å²) < 4.78 is 5.17. The molecule has 2 aliphatic carbocycles. The summed E-state index contributed by atoms with van der Waals surface area (Å²) >= 11 is 1.46. The number of hydrogen-bond donors (Lipinski definition) is 1. The van der Waals surface area contributed by atoms with Gasteiger partial charge in [-0.1, -0.05) is 6.07 Å². The second-order valence-corrected chi connectivity index (χ2v) is 8.09. The number of nitrogens with zero attached hydrogens (tertiary/aromatic N) is 1. The molecular weight excluding hydrogens is 360 g/mol. The Morgan fingerprint density at radius 3 is 2.78 bits per heavy atom. The lowest BCUT2D eigenvalue weighted by Gasteiger charge is -2.09. The quantitative estimate of drug-likeness (QED) is 0.819. The van der Waals surface area contributed by atoms with Crippen LogP contribution in [0.2, 0.25) is 0 Å². The van der Waals surface area contributed by atoms with Crippen LogP contribution in [-0.2, 0) is 35.2 Å². The first kappa shape index (κ1) is 17.7. The van der Waals surface area contributed by atoms with E-state index in [1.54, 1.807) is 6.07 Å². The lowest BCUT2D eigenvalue weighted by atomic mass is 9.96. The Morgan fingerprint density at radius 2 is 1.93 bits per heavy atom. The highest BCUT2D eigenvalue weighted by molar-refractivity contribution is 7.16. The summed E-state index contributed by atoms with van der Waals surface area (Å²) in [6.07, 6.45) is 7.18. The average Bonchev–Trinajstić information content (AvgIpc) is 3.29. The minimum atomic E-state index is -0.495. The van der Waals surface area contributed by atoms with Gasteiger partial charge < -0.3 is 10.1 Å². The van der Waals surface area contributed by atoms with Crippen molar-refractivity contribution in [3.63, 3.8) is 0 Å². The van der Waals surface area contributed by atoms with Crippen LogP contribution >= 0.6 is 11.3 Å². The predicted molar refractivity (Wildman–Crippen MR) is 103 cm³/mol. The maximum absolute atomic E-state index is 12.2. The largest absolute Gasteiger partial charge is 0.452 e. The van der Waals surface area contributed by atoms with E-state index >= 15 is 0 Å². The Hall–Kier alpha value is -2.65. The van der Waals surface area contributed by atoms with E-state index in [1.807, 2.05) is 12.1 Å². The number of nitrogens with one attached hydrogen (secondary N) is 1. The average molecular weight is 380 g/mol. The van der Waals surface area contributed by atoms with Crippen LogP contribution in [0.5, 0.6) is 0 Å². The number of hydrogen-bond acceptors (Lipinski definition) is 5. The molecule has 0 spiro atoms. The van der Waals surface area contributed by atoms with Gasteiger partial charge in [0.2, 0.25) is 0 Å². The van der Waals surface area contributed by atoms with Crippen LogP contribution in [-0.4, -0.2) is 18.5 Å². The predicted octanol–water partition coefficient (Wildman–Crippen LogP) is 3.78. The van der Waals surface area contributed by atoms with Crippen LogP contribution in [0, 0.1) is 11.3 Å². The molecule has 1 aromatic carbocycles. The number of carbonyl (C=O) groups excluding carboxylic acids is 2. The normalized spacial score (nSPS) is 14.8. The molecule has 0 atom stereocenters. The summed E-state index contributed by atoms with van der Waals surface area (Å²) in [6.45, 7) is -0.358. The fourth-order valence-corrected chi connectivity index (χ4v) is 5.10. The number of aryl methyl sites for hydroxylation is 3. The Kier molecular flexibility index (Phi) is 4.95. The molecule has 0 unspecified atom stereocenters. The molecule has 1 N–H and O–H groups in total. The first-order chi connectivity index (χ1) is 13.2. The standard InChI is InChI=1S/C21H20N2O3S/c22-11-17-16-6-1-2-7-18(16)27-20(17)23-19(24)12-26-21(25)15-9-8-13-4-3-5-14(13)10-15/h8-10H,1-7,12H2,(H,23,24). The molecule has 4 rings (SSSR count). The molecule has 0 saturated heterocycles. The zero-order chi connectivity index (χ0) is 18.8. The maximum Gasteiger partial charge on any atom is 0.338 e. The van der Waals surface area contributed by atoms with Crippen LogP contribution in [0.15, 0.2) is 18.2 Å². The highest BCUT2D eigenvalue weighted by Gasteiger charge is 2.22. The summed E-state index contributed by atoms with van der Waals surface area (Å²) in [5.41, 5.74) is 4.59. The number of anilines is 1. The van der Waals surface area contributed by atoms with Gasteiger partial charge >= 0.3 is 5.97 Å². The molecule has 0 aliphatic heterocycles. The van der Waals surface area contributed by atoms with E-state index in [0.29, 0.717) is 16.1 Å². The highest BCUT2D eigenvalue weighted by atomic mass is 32.1. The Bertz CT molecular complexity index is 955. The lowest BCUT2D eigenvalue weighted by Crippen LogP contribution is -2.21. The summed E-state index contributed by atoms with van der Waals surface area (Å²) in [5, 5.41) is 12.8. The molecular formula is C21H20N2O3S. The molecule has 5 nitrogen and oxygen atoms in total. The van der Waals surface area contributed by atoms with Crippen molar-refractivity contribution < 1.29 is 14.3 Å². The van der Waals surface area contributed by atoms with Crippen LogP contribution in [0.4, 0.5) is 5.00 Å². The van der Waals surface area contributed by atoms with Crippen molar-refractivity contribution in [1.29, 1.82) is 5.26 Å². The topological polar surface area (TPSA) is 79.2 Å². The Labute approximate surface area is 162 Å². The highest BCUT2D eigenvalue weighted by Crippen LogP contribution is 2.37. The van der Waals surface area contributed by atoms with Gasteiger partial charge in [0.15, 0.2) is 6.61 Å². The number of rotatable bonds is 4. The fourth-order valence-electron chi connectivity index (χ4n) is 3.85. The molecule has 2 aromatic rings. The molecule has 6 heteroatoms. The molecule has 0 saturated carbocycles. The van der Waals surface area contributed by atoms with E-state index in [2.05, 4.69) is 11.4 Å². The van der Waals surface area contributed by atoms with Crippen molar-refractivity contribution in [2.24, 2.45) is 0 Å². The Balaban J connectivity index is 1.38. The molecule has 1 amide bonds. The SMILES string of the molecule is N#Cc1c(NC(=O)COC(=O)c2ccc3c(c2)CCC3)sc2c1CCCC2. The first-order valence-corrected chi connectivity index (χ1v) is 10.1. The maximum atomic E-state index is 12.2. The van der Waals surface area contributed by atoms with E-state index in [4.69, 9.17) is 4.74 Å². The van der Waals surface area contributed by atoms with Gasteiger partial charge in [-0.05, 0) is 73.8 Å². The van der Waals surface area contributed by atoms with Crippen LogP contribution in [0.3, 0.4) is 0 Å².